The van der Waals surface area contributed by atoms with Crippen molar-refractivity contribution in [3.63, 3.8) is 0 Å². The van der Waals surface area contributed by atoms with Crippen molar-refractivity contribution in [1.29, 1.82) is 0 Å². The van der Waals surface area contributed by atoms with Crippen molar-refractivity contribution in [3.8, 4) is 0 Å². The fourth-order valence-corrected chi connectivity index (χ4v) is 3.04. The highest BCUT2D eigenvalue weighted by Gasteiger charge is 2.23. The standard InChI is InChI=1S/C14H17BrN4O/c1-18-6-2-3-10(8-18)14(20)17-11-4-5-13-16-7-12(15)19(13)9-11/h4-5,7,9-10H,2-3,6,8H2,1H3,(H,17,20). The van der Waals surface area contributed by atoms with Crippen LogP contribution in [0, 0.1) is 5.92 Å². The number of fused-ring (bicyclic) bond motifs is 1. The van der Waals surface area contributed by atoms with E-state index in [1.165, 1.54) is 0 Å². The lowest BCUT2D eigenvalue weighted by Crippen LogP contribution is -2.38. The van der Waals surface area contributed by atoms with Gasteiger partial charge in [0.05, 0.1) is 17.8 Å². The number of halogens is 1. The van der Waals surface area contributed by atoms with Gasteiger partial charge in [-0.3, -0.25) is 9.20 Å². The molecule has 6 heteroatoms. The van der Waals surface area contributed by atoms with Crippen LogP contribution in [0.5, 0.6) is 0 Å². The van der Waals surface area contributed by atoms with E-state index in [0.717, 1.165) is 41.9 Å². The molecule has 1 saturated heterocycles. The SMILES string of the molecule is CN1CCCC(C(=O)Nc2ccc3ncc(Br)n3c2)C1. The van der Waals surface area contributed by atoms with Gasteiger partial charge in [-0.15, -0.1) is 0 Å². The van der Waals surface area contributed by atoms with Crippen LogP contribution in [0.1, 0.15) is 12.8 Å². The Hall–Kier alpha value is -1.40. The molecule has 1 atom stereocenters. The maximum atomic E-state index is 12.3. The zero-order chi connectivity index (χ0) is 14.1. The molecular formula is C14H17BrN4O. The Bertz CT molecular complexity index is 639. The smallest absolute Gasteiger partial charge is 0.228 e. The van der Waals surface area contributed by atoms with E-state index in [1.807, 2.05) is 22.7 Å². The number of nitrogens with one attached hydrogen (secondary N) is 1. The fourth-order valence-electron chi connectivity index (χ4n) is 2.65. The van der Waals surface area contributed by atoms with Crippen LogP contribution in [0.25, 0.3) is 5.65 Å². The Morgan fingerprint density at radius 1 is 1.50 bits per heavy atom. The normalized spacial score (nSPS) is 20.2. The zero-order valence-corrected chi connectivity index (χ0v) is 12.9. The molecular weight excluding hydrogens is 320 g/mol. The topological polar surface area (TPSA) is 49.6 Å². The highest BCUT2D eigenvalue weighted by molar-refractivity contribution is 9.10. The molecule has 1 amide bonds. The molecule has 0 aliphatic carbocycles. The van der Waals surface area contributed by atoms with Crippen molar-refractivity contribution >= 4 is 33.2 Å². The molecule has 1 aliphatic rings. The first-order valence-electron chi connectivity index (χ1n) is 6.75. The lowest BCUT2D eigenvalue weighted by atomic mass is 9.97. The van der Waals surface area contributed by atoms with Crippen molar-refractivity contribution in [2.24, 2.45) is 5.92 Å². The number of nitrogens with zero attached hydrogens (tertiary/aromatic N) is 3. The number of anilines is 1. The number of piperidine rings is 1. The van der Waals surface area contributed by atoms with E-state index in [2.05, 4.69) is 38.2 Å². The summed E-state index contributed by atoms with van der Waals surface area (Å²) < 4.78 is 2.78. The van der Waals surface area contributed by atoms with E-state index < -0.39 is 0 Å². The highest BCUT2D eigenvalue weighted by Crippen LogP contribution is 2.20. The number of amides is 1. The predicted molar refractivity (Wildman–Crippen MR) is 81.7 cm³/mol. The van der Waals surface area contributed by atoms with Crippen LogP contribution in [-0.4, -0.2) is 40.3 Å². The molecule has 3 rings (SSSR count). The molecule has 1 N–H and O–H groups in total. The molecule has 2 aromatic heterocycles. The van der Waals surface area contributed by atoms with Gasteiger partial charge in [0.2, 0.25) is 5.91 Å². The molecule has 5 nitrogen and oxygen atoms in total. The van der Waals surface area contributed by atoms with E-state index in [4.69, 9.17) is 0 Å². The number of carbonyl (C=O) groups is 1. The minimum atomic E-state index is 0.0793. The van der Waals surface area contributed by atoms with Gasteiger partial charge in [-0.05, 0) is 54.5 Å². The van der Waals surface area contributed by atoms with E-state index in [1.54, 1.807) is 6.20 Å². The molecule has 20 heavy (non-hydrogen) atoms. The van der Waals surface area contributed by atoms with Gasteiger partial charge in [-0.1, -0.05) is 0 Å². The lowest BCUT2D eigenvalue weighted by molar-refractivity contribution is -0.121. The van der Waals surface area contributed by atoms with Crippen LogP contribution < -0.4 is 5.32 Å². The Morgan fingerprint density at radius 3 is 3.15 bits per heavy atom. The van der Waals surface area contributed by atoms with Gasteiger partial charge in [-0.25, -0.2) is 4.98 Å². The fraction of sp³-hybridized carbons (Fsp3) is 0.429. The molecule has 0 radical (unpaired) electrons. The van der Waals surface area contributed by atoms with Gasteiger partial charge >= 0.3 is 0 Å². The number of hydrogen-bond acceptors (Lipinski definition) is 3. The molecule has 0 bridgehead atoms. The number of hydrogen-bond donors (Lipinski definition) is 1. The van der Waals surface area contributed by atoms with Crippen LogP contribution in [-0.2, 0) is 4.79 Å². The molecule has 2 aromatic rings. The van der Waals surface area contributed by atoms with Gasteiger partial charge in [0, 0.05) is 12.7 Å². The quantitative estimate of drug-likeness (QED) is 0.915. The molecule has 1 unspecified atom stereocenters. The first-order valence-corrected chi connectivity index (χ1v) is 7.55. The van der Waals surface area contributed by atoms with Gasteiger partial charge in [0.15, 0.2) is 0 Å². The van der Waals surface area contributed by atoms with Crippen LogP contribution >= 0.6 is 15.9 Å². The van der Waals surface area contributed by atoms with E-state index >= 15 is 0 Å². The summed E-state index contributed by atoms with van der Waals surface area (Å²) in [5, 5.41) is 3.01. The Labute approximate surface area is 126 Å². The second-order valence-electron chi connectivity index (χ2n) is 5.32. The first-order chi connectivity index (χ1) is 9.63. The summed E-state index contributed by atoms with van der Waals surface area (Å²) in [5.74, 6) is 0.183. The minimum Gasteiger partial charge on any atom is -0.324 e. The van der Waals surface area contributed by atoms with Crippen molar-refractivity contribution in [1.82, 2.24) is 14.3 Å². The third kappa shape index (κ3) is 2.71. The largest absolute Gasteiger partial charge is 0.324 e. The number of likely N-dealkylation sites (tertiary alicyclic amines) is 1. The summed E-state index contributed by atoms with van der Waals surface area (Å²) in [6, 6.07) is 3.78. The van der Waals surface area contributed by atoms with Crippen molar-refractivity contribution in [2.75, 3.05) is 25.5 Å². The van der Waals surface area contributed by atoms with Crippen molar-refractivity contribution in [3.05, 3.63) is 29.1 Å². The second kappa shape index (κ2) is 5.54. The maximum Gasteiger partial charge on any atom is 0.228 e. The summed E-state index contributed by atoms with van der Waals surface area (Å²) in [5.41, 5.74) is 1.65. The van der Waals surface area contributed by atoms with Crippen LogP contribution in [0.4, 0.5) is 5.69 Å². The molecule has 0 aromatic carbocycles. The summed E-state index contributed by atoms with van der Waals surface area (Å²) >= 11 is 3.43. The summed E-state index contributed by atoms with van der Waals surface area (Å²) in [6.45, 7) is 1.92. The number of imidazole rings is 1. The molecule has 106 valence electrons. The van der Waals surface area contributed by atoms with E-state index in [0.29, 0.717) is 0 Å². The number of rotatable bonds is 2. The molecule has 0 spiro atoms. The number of carbonyl (C=O) groups excluding carboxylic acids is 1. The zero-order valence-electron chi connectivity index (χ0n) is 11.3. The Balaban J connectivity index is 1.75. The first kappa shape index (κ1) is 13.6. The monoisotopic (exact) mass is 336 g/mol. The van der Waals surface area contributed by atoms with E-state index in [9.17, 15) is 4.79 Å². The van der Waals surface area contributed by atoms with Crippen molar-refractivity contribution < 1.29 is 4.79 Å². The molecule has 3 heterocycles. The van der Waals surface area contributed by atoms with Gasteiger partial charge in [-0.2, -0.15) is 0 Å². The van der Waals surface area contributed by atoms with Crippen LogP contribution in [0.3, 0.4) is 0 Å². The molecule has 0 saturated carbocycles. The Kier molecular flexibility index (Phi) is 3.76. The number of aromatic nitrogens is 2. The van der Waals surface area contributed by atoms with Gasteiger partial charge < -0.3 is 10.2 Å². The molecule has 1 fully saturated rings. The highest BCUT2D eigenvalue weighted by atomic mass is 79.9. The average Bonchev–Trinajstić information content (AvgIpc) is 2.80. The maximum absolute atomic E-state index is 12.3. The molecule has 1 aliphatic heterocycles. The van der Waals surface area contributed by atoms with Gasteiger partial charge in [0.25, 0.3) is 0 Å². The average molecular weight is 337 g/mol. The third-order valence-electron chi connectivity index (χ3n) is 3.72. The van der Waals surface area contributed by atoms with Crippen LogP contribution in [0.15, 0.2) is 29.1 Å². The van der Waals surface area contributed by atoms with Crippen molar-refractivity contribution in [2.45, 2.75) is 12.8 Å². The number of pyridine rings is 1. The summed E-state index contributed by atoms with van der Waals surface area (Å²) in [6.07, 6.45) is 5.68. The summed E-state index contributed by atoms with van der Waals surface area (Å²) in [4.78, 5) is 18.7. The predicted octanol–water partition coefficient (Wildman–Crippen LogP) is 2.38. The minimum absolute atomic E-state index is 0.0793. The van der Waals surface area contributed by atoms with Crippen LogP contribution in [0.2, 0.25) is 0 Å². The second-order valence-corrected chi connectivity index (χ2v) is 6.13. The van der Waals surface area contributed by atoms with Gasteiger partial charge in [0.1, 0.15) is 10.3 Å². The third-order valence-corrected chi connectivity index (χ3v) is 4.31. The van der Waals surface area contributed by atoms with E-state index in [-0.39, 0.29) is 11.8 Å². The summed E-state index contributed by atoms with van der Waals surface area (Å²) in [7, 11) is 2.06. The Morgan fingerprint density at radius 2 is 2.35 bits per heavy atom. The lowest BCUT2D eigenvalue weighted by Gasteiger charge is -2.28.